The maximum absolute atomic E-state index is 14.0. The number of nitriles is 1. The predicted molar refractivity (Wildman–Crippen MR) is 139 cm³/mol. The number of carbonyl (C=O) groups is 1. The minimum atomic E-state index is -3.47. The molecule has 2 heterocycles. The van der Waals surface area contributed by atoms with Gasteiger partial charge in [0.2, 0.25) is 7.44 Å². The normalized spacial score (nSPS) is 14.1. The Labute approximate surface area is 216 Å². The summed E-state index contributed by atoms with van der Waals surface area (Å²) in [5.74, 6) is -0.222. The van der Waals surface area contributed by atoms with Gasteiger partial charge < -0.3 is 19.8 Å². The molecule has 0 amide bonds. The van der Waals surface area contributed by atoms with Crippen LogP contribution in [0.3, 0.4) is 0 Å². The standard InChI is InChI=1S/C24H33N8O4P/c1-5-10-35-23(33)24(3,4)31-37(34,30-12-19-8-6-18(11-25)7-9-19)16-36-17(2)13-32-15-29-20-21(26)27-14-28-22(20)32/h6-9,14-15,17H,5,10,12-13,16H2,1-4H3,(H2,26,27,28)(H2,30,31,34)/t17-,37?/m1/s1. The van der Waals surface area contributed by atoms with Gasteiger partial charge in [-0.15, -0.1) is 0 Å². The van der Waals surface area contributed by atoms with E-state index in [9.17, 15) is 9.36 Å². The van der Waals surface area contributed by atoms with Gasteiger partial charge in [0.15, 0.2) is 11.5 Å². The molecule has 4 N–H and O–H groups in total. The van der Waals surface area contributed by atoms with Crippen molar-refractivity contribution in [2.45, 2.75) is 58.8 Å². The Kier molecular flexibility index (Phi) is 9.34. The van der Waals surface area contributed by atoms with Crippen molar-refractivity contribution in [3.05, 3.63) is 48.0 Å². The summed E-state index contributed by atoms with van der Waals surface area (Å²) in [6.07, 6.45) is 3.07. The van der Waals surface area contributed by atoms with Gasteiger partial charge in [-0.2, -0.15) is 5.26 Å². The molecule has 1 unspecified atom stereocenters. The molecule has 12 nitrogen and oxygen atoms in total. The number of nitrogens with one attached hydrogen (secondary N) is 2. The van der Waals surface area contributed by atoms with Crippen LogP contribution in [0, 0.1) is 11.3 Å². The van der Waals surface area contributed by atoms with E-state index in [-0.39, 0.29) is 31.4 Å². The van der Waals surface area contributed by atoms with Crippen molar-refractivity contribution in [3.8, 4) is 6.07 Å². The minimum Gasteiger partial charge on any atom is -0.464 e. The smallest absolute Gasteiger partial charge is 0.326 e. The Morgan fingerprint density at radius 3 is 2.68 bits per heavy atom. The SMILES string of the molecule is CCCOC(=O)C(C)(C)NP(=O)(CO[C@H](C)Cn1cnc2c(N)ncnc21)NCc1ccc(C#N)cc1. The molecule has 0 saturated heterocycles. The number of imidazole rings is 1. The van der Waals surface area contributed by atoms with Crippen molar-refractivity contribution in [1.29, 1.82) is 5.26 Å². The molecular weight excluding hydrogens is 495 g/mol. The van der Waals surface area contributed by atoms with Gasteiger partial charge in [-0.25, -0.2) is 25.1 Å². The van der Waals surface area contributed by atoms with E-state index in [2.05, 4.69) is 31.2 Å². The highest BCUT2D eigenvalue weighted by Gasteiger charge is 2.37. The lowest BCUT2D eigenvalue weighted by Crippen LogP contribution is -2.48. The molecule has 13 heteroatoms. The lowest BCUT2D eigenvalue weighted by molar-refractivity contribution is -0.149. The van der Waals surface area contributed by atoms with E-state index in [0.29, 0.717) is 29.7 Å². The molecule has 0 saturated carbocycles. The molecule has 2 atom stereocenters. The van der Waals surface area contributed by atoms with Gasteiger partial charge in [0, 0.05) is 6.54 Å². The van der Waals surface area contributed by atoms with Crippen LogP contribution in [0.25, 0.3) is 11.2 Å². The zero-order chi connectivity index (χ0) is 27.1. The average Bonchev–Trinajstić information content (AvgIpc) is 3.29. The van der Waals surface area contributed by atoms with Crippen LogP contribution in [0.5, 0.6) is 0 Å². The number of esters is 1. The summed E-state index contributed by atoms with van der Waals surface area (Å²) in [7, 11) is -3.47. The number of fused-ring (bicyclic) bond motifs is 1. The maximum Gasteiger partial charge on any atom is 0.326 e. The number of nitrogens with two attached hydrogens (primary N) is 1. The Morgan fingerprint density at radius 1 is 1.27 bits per heavy atom. The number of hydrogen-bond acceptors (Lipinski definition) is 9. The van der Waals surface area contributed by atoms with Crippen molar-refractivity contribution in [1.82, 2.24) is 29.7 Å². The van der Waals surface area contributed by atoms with Gasteiger partial charge >= 0.3 is 5.97 Å². The maximum atomic E-state index is 14.0. The van der Waals surface area contributed by atoms with Crippen molar-refractivity contribution in [2.24, 2.45) is 0 Å². The number of aromatic nitrogens is 4. The molecule has 0 spiro atoms. The van der Waals surface area contributed by atoms with Crippen LogP contribution >= 0.6 is 7.44 Å². The van der Waals surface area contributed by atoms with Crippen LogP contribution in [-0.2, 0) is 31.9 Å². The quantitative estimate of drug-likeness (QED) is 0.220. The fourth-order valence-corrected chi connectivity index (χ4v) is 5.63. The number of rotatable bonds is 13. The first-order chi connectivity index (χ1) is 17.6. The average molecular weight is 529 g/mol. The van der Waals surface area contributed by atoms with E-state index < -0.39 is 19.0 Å². The third kappa shape index (κ3) is 7.57. The van der Waals surface area contributed by atoms with Crippen LogP contribution in [0.15, 0.2) is 36.9 Å². The third-order valence-electron chi connectivity index (χ3n) is 5.45. The van der Waals surface area contributed by atoms with Gasteiger partial charge in [-0.1, -0.05) is 19.1 Å². The summed E-state index contributed by atoms with van der Waals surface area (Å²) in [6, 6.07) is 8.99. The lowest BCUT2D eigenvalue weighted by Gasteiger charge is -2.31. The summed E-state index contributed by atoms with van der Waals surface area (Å²) in [4.78, 5) is 25.0. The zero-order valence-corrected chi connectivity index (χ0v) is 22.4. The van der Waals surface area contributed by atoms with Gasteiger partial charge in [-0.3, -0.25) is 9.36 Å². The Hall–Kier alpha value is -3.36. The van der Waals surface area contributed by atoms with Gasteiger partial charge in [0.05, 0.1) is 37.2 Å². The Morgan fingerprint density at radius 2 is 2.00 bits per heavy atom. The van der Waals surface area contributed by atoms with E-state index >= 15 is 0 Å². The van der Waals surface area contributed by atoms with Crippen LogP contribution in [0.1, 0.15) is 45.2 Å². The van der Waals surface area contributed by atoms with Gasteiger partial charge in [0.1, 0.15) is 23.7 Å². The second kappa shape index (κ2) is 12.3. The molecular formula is C24H33N8O4P. The molecule has 0 aliphatic heterocycles. The van der Waals surface area contributed by atoms with Crippen molar-refractivity contribution in [3.63, 3.8) is 0 Å². The summed E-state index contributed by atoms with van der Waals surface area (Å²) < 4.78 is 27.1. The topological polar surface area (TPSA) is 170 Å². The molecule has 37 heavy (non-hydrogen) atoms. The number of nitrogen functional groups attached to an aromatic ring is 1. The summed E-state index contributed by atoms with van der Waals surface area (Å²) >= 11 is 0. The largest absolute Gasteiger partial charge is 0.464 e. The van der Waals surface area contributed by atoms with E-state index in [4.69, 9.17) is 20.5 Å². The van der Waals surface area contributed by atoms with E-state index in [1.807, 2.05) is 13.8 Å². The minimum absolute atomic E-state index is 0.196. The molecule has 198 valence electrons. The van der Waals surface area contributed by atoms with Crippen molar-refractivity contribution in [2.75, 3.05) is 18.7 Å². The second-order valence-corrected chi connectivity index (χ2v) is 11.5. The highest BCUT2D eigenvalue weighted by molar-refractivity contribution is 7.59. The van der Waals surface area contributed by atoms with Crippen LogP contribution in [0.4, 0.5) is 5.82 Å². The van der Waals surface area contributed by atoms with E-state index in [1.54, 1.807) is 49.0 Å². The fourth-order valence-electron chi connectivity index (χ4n) is 3.50. The molecule has 0 aliphatic carbocycles. The number of ether oxygens (including phenoxy) is 2. The Bertz CT molecular complexity index is 1300. The fraction of sp³-hybridized carbons (Fsp3) is 0.458. The predicted octanol–water partition coefficient (Wildman–Crippen LogP) is 2.95. The molecule has 0 fully saturated rings. The first-order valence-electron chi connectivity index (χ1n) is 11.9. The third-order valence-corrected chi connectivity index (χ3v) is 7.56. The molecule has 1 aromatic carbocycles. The van der Waals surface area contributed by atoms with E-state index in [0.717, 1.165) is 5.56 Å². The zero-order valence-electron chi connectivity index (χ0n) is 21.5. The highest BCUT2D eigenvalue weighted by atomic mass is 31.2. The molecule has 3 rings (SSSR count). The molecule has 3 aromatic rings. The molecule has 0 aliphatic rings. The number of nitrogens with zero attached hydrogens (tertiary/aromatic N) is 5. The summed E-state index contributed by atoms with van der Waals surface area (Å²) in [5.41, 5.74) is 7.05. The monoisotopic (exact) mass is 528 g/mol. The first-order valence-corrected chi connectivity index (χ1v) is 13.8. The van der Waals surface area contributed by atoms with Crippen molar-refractivity contribution < 1.29 is 18.8 Å². The number of benzene rings is 1. The van der Waals surface area contributed by atoms with Crippen LogP contribution < -0.4 is 15.9 Å². The number of anilines is 1. The second-order valence-electron chi connectivity index (χ2n) is 9.19. The van der Waals surface area contributed by atoms with Gasteiger partial charge in [-0.05, 0) is 44.9 Å². The first kappa shape index (κ1) is 28.2. The number of carbonyl (C=O) groups excluding carboxylic acids is 1. The molecule has 0 bridgehead atoms. The van der Waals surface area contributed by atoms with Crippen LogP contribution in [0.2, 0.25) is 0 Å². The Balaban J connectivity index is 1.72. The summed E-state index contributed by atoms with van der Waals surface area (Å²) in [6.45, 7) is 7.85. The van der Waals surface area contributed by atoms with Crippen LogP contribution in [-0.4, -0.2) is 50.1 Å². The molecule has 2 aromatic heterocycles. The highest BCUT2D eigenvalue weighted by Crippen LogP contribution is 2.40. The molecule has 0 radical (unpaired) electrons. The number of hydrogen-bond donors (Lipinski definition) is 3. The van der Waals surface area contributed by atoms with Crippen molar-refractivity contribution >= 4 is 30.4 Å². The van der Waals surface area contributed by atoms with E-state index in [1.165, 1.54) is 6.33 Å². The van der Waals surface area contributed by atoms with Gasteiger partial charge in [0.25, 0.3) is 0 Å². The summed E-state index contributed by atoms with van der Waals surface area (Å²) in [5, 5.41) is 15.0. The lowest BCUT2D eigenvalue weighted by atomic mass is 10.1.